The molecule has 6 heteroatoms. The largest absolute Gasteiger partial charge is 0.326 e. The summed E-state index contributed by atoms with van der Waals surface area (Å²) in [6, 6.07) is 8.30. The molecule has 1 N–H and O–H groups in total. The van der Waals surface area contributed by atoms with Crippen molar-refractivity contribution in [3.05, 3.63) is 67.7 Å². The number of rotatable bonds is 2. The Labute approximate surface area is 138 Å². The van der Waals surface area contributed by atoms with E-state index in [2.05, 4.69) is 5.32 Å². The molecule has 0 radical (unpaired) electrons. The van der Waals surface area contributed by atoms with E-state index < -0.39 is 4.92 Å². The van der Waals surface area contributed by atoms with E-state index in [1.165, 1.54) is 18.2 Å². The van der Waals surface area contributed by atoms with Crippen LogP contribution in [0, 0.1) is 24.0 Å². The van der Waals surface area contributed by atoms with E-state index in [4.69, 9.17) is 11.6 Å². The minimum absolute atomic E-state index is 0.0271. The lowest BCUT2D eigenvalue weighted by atomic mass is 9.83. The first-order valence-electron chi connectivity index (χ1n) is 7.21. The number of hydrogen-bond acceptors (Lipinski definition) is 3. The van der Waals surface area contributed by atoms with Crippen molar-refractivity contribution in [2.24, 2.45) is 0 Å². The third kappa shape index (κ3) is 2.80. The summed E-state index contributed by atoms with van der Waals surface area (Å²) in [7, 11) is 0. The van der Waals surface area contributed by atoms with Crippen LogP contribution in [0.1, 0.15) is 34.6 Å². The van der Waals surface area contributed by atoms with Gasteiger partial charge in [-0.3, -0.25) is 14.9 Å². The Kier molecular flexibility index (Phi) is 3.82. The second-order valence-electron chi connectivity index (χ2n) is 5.79. The number of nitro benzene ring substituents is 1. The number of halogens is 1. The number of aryl methyl sites for hydroxylation is 2. The highest BCUT2D eigenvalue weighted by Crippen LogP contribution is 2.41. The summed E-state index contributed by atoms with van der Waals surface area (Å²) in [5.41, 5.74) is 4.45. The highest BCUT2D eigenvalue weighted by Gasteiger charge is 2.29. The molecule has 1 aliphatic rings. The second-order valence-corrected chi connectivity index (χ2v) is 6.20. The molecule has 1 amide bonds. The number of hydrogen-bond donors (Lipinski definition) is 1. The van der Waals surface area contributed by atoms with Crippen molar-refractivity contribution in [3.8, 4) is 0 Å². The Hall–Kier alpha value is -2.40. The molecule has 0 spiro atoms. The van der Waals surface area contributed by atoms with Gasteiger partial charge < -0.3 is 5.32 Å². The van der Waals surface area contributed by atoms with Crippen LogP contribution in [-0.2, 0) is 4.79 Å². The first-order valence-corrected chi connectivity index (χ1v) is 7.59. The van der Waals surface area contributed by atoms with E-state index >= 15 is 0 Å². The van der Waals surface area contributed by atoms with Gasteiger partial charge in [0.25, 0.3) is 5.69 Å². The van der Waals surface area contributed by atoms with Crippen molar-refractivity contribution >= 4 is 28.9 Å². The summed E-state index contributed by atoms with van der Waals surface area (Å²) < 4.78 is 0. The number of anilines is 1. The third-order valence-corrected chi connectivity index (χ3v) is 4.61. The van der Waals surface area contributed by atoms with Gasteiger partial charge in [-0.2, -0.15) is 0 Å². The number of amides is 1. The van der Waals surface area contributed by atoms with Crippen LogP contribution in [0.15, 0.2) is 30.3 Å². The molecule has 23 heavy (non-hydrogen) atoms. The molecule has 0 unspecified atom stereocenters. The molecule has 2 aromatic rings. The lowest BCUT2D eigenvalue weighted by Crippen LogP contribution is -2.24. The van der Waals surface area contributed by atoms with Crippen LogP contribution < -0.4 is 5.32 Å². The molecule has 0 fully saturated rings. The van der Waals surface area contributed by atoms with Gasteiger partial charge >= 0.3 is 0 Å². The third-order valence-electron chi connectivity index (χ3n) is 4.27. The van der Waals surface area contributed by atoms with Crippen LogP contribution in [0.25, 0.3) is 0 Å². The van der Waals surface area contributed by atoms with E-state index in [0.717, 1.165) is 22.4 Å². The van der Waals surface area contributed by atoms with Gasteiger partial charge in [0.05, 0.1) is 4.92 Å². The van der Waals surface area contributed by atoms with Crippen LogP contribution in [-0.4, -0.2) is 10.8 Å². The Balaban J connectivity index is 2.18. The lowest BCUT2D eigenvalue weighted by molar-refractivity contribution is -0.384. The summed E-state index contributed by atoms with van der Waals surface area (Å²) in [5.74, 6) is -0.404. The van der Waals surface area contributed by atoms with Crippen molar-refractivity contribution in [3.63, 3.8) is 0 Å². The number of carbonyl (C=O) groups is 1. The van der Waals surface area contributed by atoms with Gasteiger partial charge in [0.15, 0.2) is 0 Å². The van der Waals surface area contributed by atoms with Gasteiger partial charge in [-0.05, 0) is 48.2 Å². The molecule has 1 atom stereocenters. The zero-order valence-electron chi connectivity index (χ0n) is 12.7. The second kappa shape index (κ2) is 5.66. The highest BCUT2D eigenvalue weighted by molar-refractivity contribution is 6.31. The van der Waals surface area contributed by atoms with Crippen LogP contribution in [0.2, 0.25) is 5.02 Å². The summed E-state index contributed by atoms with van der Waals surface area (Å²) in [6.07, 6.45) is 0.219. The number of non-ortho nitro benzene ring substituents is 1. The van der Waals surface area contributed by atoms with Gasteiger partial charge in [-0.1, -0.05) is 17.7 Å². The predicted octanol–water partition coefficient (Wildman–Crippen LogP) is 4.34. The number of benzene rings is 2. The minimum atomic E-state index is -0.454. The van der Waals surface area contributed by atoms with Crippen LogP contribution >= 0.6 is 11.6 Å². The highest BCUT2D eigenvalue weighted by atomic mass is 35.5. The number of nitrogens with one attached hydrogen (secondary N) is 1. The molecule has 1 aliphatic heterocycles. The van der Waals surface area contributed by atoms with Gasteiger partial charge in [-0.15, -0.1) is 0 Å². The molecule has 1 heterocycles. The molecule has 3 rings (SSSR count). The minimum Gasteiger partial charge on any atom is -0.326 e. The Morgan fingerprint density at radius 2 is 1.87 bits per heavy atom. The van der Waals surface area contributed by atoms with Crippen molar-refractivity contribution < 1.29 is 9.72 Å². The monoisotopic (exact) mass is 330 g/mol. The van der Waals surface area contributed by atoms with Gasteiger partial charge in [0.2, 0.25) is 5.91 Å². The quantitative estimate of drug-likeness (QED) is 0.657. The normalized spacial score (nSPS) is 16.7. The van der Waals surface area contributed by atoms with Crippen LogP contribution in [0.5, 0.6) is 0 Å². The first kappa shape index (κ1) is 15.5. The van der Waals surface area contributed by atoms with Crippen molar-refractivity contribution in [1.82, 2.24) is 0 Å². The number of nitrogens with zero attached hydrogens (tertiary/aromatic N) is 1. The predicted molar refractivity (Wildman–Crippen MR) is 89.1 cm³/mol. The average Bonchev–Trinajstić information content (AvgIpc) is 2.48. The summed E-state index contributed by atoms with van der Waals surface area (Å²) in [5, 5.41) is 14.3. The maximum atomic E-state index is 12.0. The van der Waals surface area contributed by atoms with E-state index in [1.54, 1.807) is 0 Å². The standard InChI is InChI=1S/C17H15ClN2O3/c1-9-5-14-12(8-17(21)19-16(14)6-10(9)2)13-7-11(20(22)23)3-4-15(13)18/h3-7,12H,8H2,1-2H3,(H,19,21)/t12-/m1/s1. The Bertz CT molecular complexity index is 833. The zero-order chi connectivity index (χ0) is 16.7. The summed E-state index contributed by atoms with van der Waals surface area (Å²) in [6.45, 7) is 3.98. The molecule has 118 valence electrons. The van der Waals surface area contributed by atoms with E-state index in [1.807, 2.05) is 26.0 Å². The molecule has 0 bridgehead atoms. The molecule has 0 aliphatic carbocycles. The number of carbonyl (C=O) groups excluding carboxylic acids is 1. The van der Waals surface area contributed by atoms with Gasteiger partial charge in [0, 0.05) is 35.2 Å². The molecule has 0 saturated heterocycles. The molecule has 2 aromatic carbocycles. The van der Waals surface area contributed by atoms with Crippen molar-refractivity contribution in [2.45, 2.75) is 26.2 Å². The first-order chi connectivity index (χ1) is 10.9. The molecule has 0 saturated carbocycles. The van der Waals surface area contributed by atoms with E-state index in [9.17, 15) is 14.9 Å². The molecular weight excluding hydrogens is 316 g/mol. The van der Waals surface area contributed by atoms with Gasteiger partial charge in [-0.25, -0.2) is 0 Å². The average molecular weight is 331 g/mol. The smallest absolute Gasteiger partial charge is 0.269 e. The number of nitro groups is 1. The molecular formula is C17H15ClN2O3. The van der Waals surface area contributed by atoms with Crippen molar-refractivity contribution in [2.75, 3.05) is 5.32 Å². The fourth-order valence-electron chi connectivity index (χ4n) is 2.92. The Morgan fingerprint density at radius 1 is 1.17 bits per heavy atom. The van der Waals surface area contributed by atoms with E-state index in [-0.39, 0.29) is 23.9 Å². The fourth-order valence-corrected chi connectivity index (χ4v) is 3.17. The Morgan fingerprint density at radius 3 is 2.57 bits per heavy atom. The molecule has 5 nitrogen and oxygen atoms in total. The maximum absolute atomic E-state index is 12.0. The lowest BCUT2D eigenvalue weighted by Gasteiger charge is -2.27. The van der Waals surface area contributed by atoms with Crippen molar-refractivity contribution in [1.29, 1.82) is 0 Å². The molecule has 0 aromatic heterocycles. The van der Waals surface area contributed by atoms with Crippen LogP contribution in [0.4, 0.5) is 11.4 Å². The van der Waals surface area contributed by atoms with Gasteiger partial charge in [0.1, 0.15) is 0 Å². The zero-order valence-corrected chi connectivity index (χ0v) is 13.5. The topological polar surface area (TPSA) is 72.2 Å². The maximum Gasteiger partial charge on any atom is 0.269 e. The van der Waals surface area contributed by atoms with Crippen LogP contribution in [0.3, 0.4) is 0 Å². The van der Waals surface area contributed by atoms with E-state index in [0.29, 0.717) is 10.6 Å². The summed E-state index contributed by atoms with van der Waals surface area (Å²) >= 11 is 6.27. The summed E-state index contributed by atoms with van der Waals surface area (Å²) in [4.78, 5) is 22.6. The number of fused-ring (bicyclic) bond motifs is 1. The SMILES string of the molecule is Cc1cc2c(cc1C)[C@@H](c1cc([N+](=O)[O-])ccc1Cl)CC(=O)N2. The fraction of sp³-hybridized carbons (Fsp3) is 0.235.